The van der Waals surface area contributed by atoms with Crippen LogP contribution in [0.4, 0.5) is 5.82 Å². The molecule has 1 aromatic carbocycles. The average Bonchev–Trinajstić information content (AvgIpc) is 2.60. The Hall–Kier alpha value is -2.63. The van der Waals surface area contributed by atoms with Crippen LogP contribution in [0.25, 0.3) is 0 Å². The lowest BCUT2D eigenvalue weighted by atomic mass is 9.84. The topological polar surface area (TPSA) is 58.6 Å². The molecule has 2 fully saturated rings. The van der Waals surface area contributed by atoms with Crippen LogP contribution in [0.1, 0.15) is 31.7 Å². The number of nitrogens with zero attached hydrogens (tertiary/aromatic N) is 4. The predicted octanol–water partition coefficient (Wildman–Crippen LogP) is 3.41. The molecule has 0 bridgehead atoms. The first-order chi connectivity index (χ1) is 13.1. The molecule has 142 valence electrons. The minimum absolute atomic E-state index is 0.183. The Balaban J connectivity index is 1.42. The van der Waals surface area contributed by atoms with Crippen LogP contribution >= 0.6 is 0 Å². The highest BCUT2D eigenvalue weighted by Crippen LogP contribution is 2.30. The summed E-state index contributed by atoms with van der Waals surface area (Å²) in [7, 11) is 0. The highest BCUT2D eigenvalue weighted by molar-refractivity contribution is 5.80. The number of rotatable bonds is 4. The zero-order chi connectivity index (χ0) is 18.8. The summed E-state index contributed by atoms with van der Waals surface area (Å²) in [5, 5.41) is 0. The molecule has 4 rings (SSSR count). The number of hydrogen-bond donors (Lipinski definition) is 0. The minimum Gasteiger partial charge on any atom is -0.439 e. The van der Waals surface area contributed by atoms with Gasteiger partial charge in [0.2, 0.25) is 11.8 Å². The van der Waals surface area contributed by atoms with E-state index in [0.29, 0.717) is 11.8 Å². The minimum atomic E-state index is 0.183. The Bertz CT molecular complexity index is 821. The van der Waals surface area contributed by atoms with Crippen molar-refractivity contribution in [2.24, 2.45) is 5.92 Å². The number of carbonyl (C=O) groups excluding carboxylic acids is 1. The van der Waals surface area contributed by atoms with E-state index in [9.17, 15) is 4.79 Å². The first-order valence-electron chi connectivity index (χ1n) is 9.72. The van der Waals surface area contributed by atoms with Gasteiger partial charge in [0, 0.05) is 37.7 Å². The smallest absolute Gasteiger partial charge is 0.226 e. The van der Waals surface area contributed by atoms with E-state index in [1.54, 1.807) is 0 Å². The van der Waals surface area contributed by atoms with Crippen LogP contribution in [0.5, 0.6) is 11.6 Å². The quantitative estimate of drug-likeness (QED) is 0.830. The van der Waals surface area contributed by atoms with Crippen LogP contribution in [0.15, 0.2) is 36.7 Å². The summed E-state index contributed by atoms with van der Waals surface area (Å²) in [5.74, 6) is 2.73. The monoisotopic (exact) mass is 366 g/mol. The normalized spacial score (nSPS) is 20.3. The van der Waals surface area contributed by atoms with Gasteiger partial charge in [-0.05, 0) is 44.4 Å². The van der Waals surface area contributed by atoms with Gasteiger partial charge in [0.15, 0.2) is 0 Å². The SMILES string of the molecule is Cc1cccc(Oc2cc(N3CCN(C(=O)C4CCC4)[C@H](C)C3)ncn2)c1. The molecule has 2 aromatic rings. The largest absolute Gasteiger partial charge is 0.439 e. The molecular weight excluding hydrogens is 340 g/mol. The van der Waals surface area contributed by atoms with E-state index in [-0.39, 0.29) is 12.0 Å². The second kappa shape index (κ2) is 7.55. The number of ether oxygens (including phenoxy) is 1. The first kappa shape index (κ1) is 17.8. The van der Waals surface area contributed by atoms with Gasteiger partial charge in [-0.15, -0.1) is 0 Å². The van der Waals surface area contributed by atoms with Crippen LogP contribution in [0, 0.1) is 12.8 Å². The molecule has 1 aromatic heterocycles. The summed E-state index contributed by atoms with van der Waals surface area (Å²) in [6.07, 6.45) is 4.83. The van der Waals surface area contributed by atoms with Crippen molar-refractivity contribution in [1.82, 2.24) is 14.9 Å². The maximum atomic E-state index is 12.6. The summed E-state index contributed by atoms with van der Waals surface area (Å²) >= 11 is 0. The molecule has 0 spiro atoms. The first-order valence-corrected chi connectivity index (χ1v) is 9.72. The van der Waals surface area contributed by atoms with Crippen LogP contribution in [-0.4, -0.2) is 46.5 Å². The summed E-state index contributed by atoms with van der Waals surface area (Å²) in [6, 6.07) is 9.95. The van der Waals surface area contributed by atoms with Gasteiger partial charge in [0.05, 0.1) is 0 Å². The fourth-order valence-electron chi connectivity index (χ4n) is 3.74. The molecule has 2 aliphatic rings. The third kappa shape index (κ3) is 3.89. The third-order valence-electron chi connectivity index (χ3n) is 5.53. The molecular formula is C21H26N4O2. The van der Waals surface area contributed by atoms with Gasteiger partial charge in [-0.2, -0.15) is 0 Å². The van der Waals surface area contributed by atoms with Crippen LogP contribution in [0.2, 0.25) is 0 Å². The van der Waals surface area contributed by atoms with Crippen molar-refractivity contribution in [3.63, 3.8) is 0 Å². The van der Waals surface area contributed by atoms with Crippen LogP contribution in [-0.2, 0) is 4.79 Å². The lowest BCUT2D eigenvalue weighted by Gasteiger charge is -2.43. The Labute approximate surface area is 160 Å². The van der Waals surface area contributed by atoms with Crippen molar-refractivity contribution in [3.8, 4) is 11.6 Å². The number of amides is 1. The molecule has 0 radical (unpaired) electrons. The molecule has 0 unspecified atom stereocenters. The Morgan fingerprint density at radius 2 is 2.04 bits per heavy atom. The van der Waals surface area contributed by atoms with Gasteiger partial charge in [0.25, 0.3) is 0 Å². The Morgan fingerprint density at radius 3 is 2.74 bits per heavy atom. The van der Waals surface area contributed by atoms with Gasteiger partial charge in [-0.25, -0.2) is 9.97 Å². The molecule has 1 atom stereocenters. The number of carbonyl (C=O) groups is 1. The van der Waals surface area contributed by atoms with E-state index in [2.05, 4.69) is 21.8 Å². The third-order valence-corrected chi connectivity index (χ3v) is 5.53. The van der Waals surface area contributed by atoms with E-state index in [1.807, 2.05) is 42.2 Å². The van der Waals surface area contributed by atoms with E-state index < -0.39 is 0 Å². The lowest BCUT2D eigenvalue weighted by molar-refractivity contribution is -0.140. The average molecular weight is 366 g/mol. The molecule has 1 saturated heterocycles. The van der Waals surface area contributed by atoms with Gasteiger partial charge >= 0.3 is 0 Å². The molecule has 1 aliphatic carbocycles. The number of aryl methyl sites for hydroxylation is 1. The molecule has 27 heavy (non-hydrogen) atoms. The molecule has 1 aliphatic heterocycles. The van der Waals surface area contributed by atoms with Crippen molar-refractivity contribution >= 4 is 11.7 Å². The van der Waals surface area contributed by atoms with Gasteiger partial charge in [-0.1, -0.05) is 18.6 Å². The number of benzene rings is 1. The van der Waals surface area contributed by atoms with E-state index in [4.69, 9.17) is 4.74 Å². The molecule has 1 saturated carbocycles. The molecule has 6 nitrogen and oxygen atoms in total. The summed E-state index contributed by atoms with van der Waals surface area (Å²) < 4.78 is 5.89. The standard InChI is InChI=1S/C21H26N4O2/c1-15-5-3-8-18(11-15)27-20-12-19(22-14-23-20)24-9-10-25(16(2)13-24)21(26)17-6-4-7-17/h3,5,8,11-12,14,16-17H,4,6-7,9-10,13H2,1-2H3/t16-/m1/s1. The maximum absolute atomic E-state index is 12.6. The van der Waals surface area contributed by atoms with Crippen molar-refractivity contribution in [1.29, 1.82) is 0 Å². The molecule has 2 heterocycles. The van der Waals surface area contributed by atoms with Gasteiger partial charge in [-0.3, -0.25) is 4.79 Å². The predicted molar refractivity (Wildman–Crippen MR) is 104 cm³/mol. The highest BCUT2D eigenvalue weighted by atomic mass is 16.5. The number of aromatic nitrogens is 2. The van der Waals surface area contributed by atoms with Gasteiger partial charge < -0.3 is 14.5 Å². The number of piperazine rings is 1. The van der Waals surface area contributed by atoms with Crippen LogP contribution < -0.4 is 9.64 Å². The lowest BCUT2D eigenvalue weighted by Crippen LogP contribution is -2.56. The number of anilines is 1. The Kier molecular flexibility index (Phi) is 4.97. The summed E-state index contributed by atoms with van der Waals surface area (Å²) in [5.41, 5.74) is 1.14. The zero-order valence-electron chi connectivity index (χ0n) is 16.0. The maximum Gasteiger partial charge on any atom is 0.226 e. The van der Waals surface area contributed by atoms with Crippen LogP contribution in [0.3, 0.4) is 0 Å². The van der Waals surface area contributed by atoms with E-state index >= 15 is 0 Å². The second-order valence-electron chi connectivity index (χ2n) is 7.59. The molecule has 0 N–H and O–H groups in total. The zero-order valence-corrected chi connectivity index (χ0v) is 16.0. The summed E-state index contributed by atoms with van der Waals surface area (Å²) in [4.78, 5) is 25.5. The van der Waals surface area contributed by atoms with Crippen molar-refractivity contribution in [2.75, 3.05) is 24.5 Å². The molecule has 1 amide bonds. The summed E-state index contributed by atoms with van der Waals surface area (Å²) in [6.45, 7) is 6.45. The van der Waals surface area contributed by atoms with E-state index in [0.717, 1.165) is 49.6 Å². The fourth-order valence-corrected chi connectivity index (χ4v) is 3.74. The fraction of sp³-hybridized carbons (Fsp3) is 0.476. The molecule has 6 heteroatoms. The van der Waals surface area contributed by atoms with Crippen molar-refractivity contribution in [2.45, 2.75) is 39.2 Å². The van der Waals surface area contributed by atoms with Crippen molar-refractivity contribution in [3.05, 3.63) is 42.2 Å². The Morgan fingerprint density at radius 1 is 1.19 bits per heavy atom. The highest BCUT2D eigenvalue weighted by Gasteiger charge is 2.34. The number of hydrogen-bond acceptors (Lipinski definition) is 5. The van der Waals surface area contributed by atoms with Gasteiger partial charge in [0.1, 0.15) is 17.9 Å². The van der Waals surface area contributed by atoms with E-state index in [1.165, 1.54) is 12.7 Å². The van der Waals surface area contributed by atoms with Crippen molar-refractivity contribution < 1.29 is 9.53 Å². The second-order valence-corrected chi connectivity index (χ2v) is 7.59.